The van der Waals surface area contributed by atoms with Crippen LogP contribution in [0.3, 0.4) is 0 Å². The molecule has 0 saturated carbocycles. The van der Waals surface area contributed by atoms with Gasteiger partial charge in [-0.1, -0.05) is 12.1 Å². The van der Waals surface area contributed by atoms with Gasteiger partial charge in [0.1, 0.15) is 5.69 Å². The van der Waals surface area contributed by atoms with E-state index in [1.54, 1.807) is 36.5 Å². The molecule has 1 atom stereocenters. The lowest BCUT2D eigenvalue weighted by Gasteiger charge is -2.14. The summed E-state index contributed by atoms with van der Waals surface area (Å²) in [5.74, 6) is -3.35. The standard InChI is InChI=1S/C17H14N4O4/c22-15(11-6-2-4-8-19-11)14(16(23)17(24)25)13-9-12(20-21-13)10-5-1-3-7-18-10/h1-8,13,21-22H,9H2,(H,24,25)/b15-14-. The normalized spacial score (nSPS) is 17.3. The number of ketones is 1. The zero-order valence-electron chi connectivity index (χ0n) is 13.0. The zero-order chi connectivity index (χ0) is 17.8. The van der Waals surface area contributed by atoms with E-state index >= 15 is 0 Å². The van der Waals surface area contributed by atoms with Crippen molar-refractivity contribution in [1.82, 2.24) is 15.4 Å². The Balaban J connectivity index is 1.95. The van der Waals surface area contributed by atoms with Crippen molar-refractivity contribution < 1.29 is 19.8 Å². The number of carbonyl (C=O) groups is 2. The predicted molar refractivity (Wildman–Crippen MR) is 88.7 cm³/mol. The molecule has 25 heavy (non-hydrogen) atoms. The fourth-order valence-electron chi connectivity index (χ4n) is 2.49. The van der Waals surface area contributed by atoms with Crippen molar-refractivity contribution in [3.05, 3.63) is 65.8 Å². The molecule has 0 radical (unpaired) electrons. The Bertz CT molecular complexity index is 863. The second-order valence-electron chi connectivity index (χ2n) is 5.27. The van der Waals surface area contributed by atoms with E-state index in [0.717, 1.165) is 0 Å². The molecule has 2 aromatic rings. The number of nitrogens with one attached hydrogen (secondary N) is 1. The van der Waals surface area contributed by atoms with Gasteiger partial charge in [-0.05, 0) is 24.3 Å². The number of nitrogens with zero attached hydrogens (tertiary/aromatic N) is 3. The number of hydrogen-bond donors (Lipinski definition) is 3. The Morgan fingerprint density at radius 2 is 1.76 bits per heavy atom. The maximum Gasteiger partial charge on any atom is 0.377 e. The van der Waals surface area contributed by atoms with Gasteiger partial charge in [-0.25, -0.2) is 4.79 Å². The fraction of sp³-hybridized carbons (Fsp3) is 0.118. The van der Waals surface area contributed by atoms with Gasteiger partial charge in [0.2, 0.25) is 0 Å². The minimum atomic E-state index is -1.66. The lowest BCUT2D eigenvalue weighted by atomic mass is 9.95. The third-order valence-electron chi connectivity index (χ3n) is 3.66. The van der Waals surface area contributed by atoms with E-state index in [0.29, 0.717) is 11.4 Å². The van der Waals surface area contributed by atoms with Crippen molar-refractivity contribution in [2.24, 2.45) is 5.10 Å². The van der Waals surface area contributed by atoms with Gasteiger partial charge in [-0.3, -0.25) is 14.8 Å². The number of aliphatic carboxylic acids is 1. The highest BCUT2D eigenvalue weighted by Gasteiger charge is 2.34. The number of aliphatic hydroxyl groups is 1. The van der Waals surface area contributed by atoms with Crippen LogP contribution >= 0.6 is 0 Å². The van der Waals surface area contributed by atoms with Gasteiger partial charge >= 0.3 is 5.97 Å². The molecule has 0 saturated heterocycles. The number of Topliss-reactive ketones (excluding diaryl/α,β-unsaturated/α-hetero) is 1. The van der Waals surface area contributed by atoms with E-state index in [1.165, 1.54) is 12.3 Å². The third-order valence-corrected chi connectivity index (χ3v) is 3.66. The predicted octanol–water partition coefficient (Wildman–Crippen LogP) is 1.17. The smallest absolute Gasteiger partial charge is 0.377 e. The Kier molecular flexibility index (Phi) is 4.51. The Hall–Kier alpha value is -3.55. The van der Waals surface area contributed by atoms with Gasteiger partial charge in [0.15, 0.2) is 5.76 Å². The monoisotopic (exact) mass is 338 g/mol. The summed E-state index contributed by atoms with van der Waals surface area (Å²) in [4.78, 5) is 31.5. The number of aromatic nitrogens is 2. The quantitative estimate of drug-likeness (QED) is 0.424. The molecule has 3 heterocycles. The van der Waals surface area contributed by atoms with Crippen LogP contribution < -0.4 is 5.43 Å². The molecule has 0 aliphatic carbocycles. The molecule has 1 aliphatic heterocycles. The van der Waals surface area contributed by atoms with E-state index in [-0.39, 0.29) is 17.7 Å². The molecule has 0 aromatic carbocycles. The first-order valence-corrected chi connectivity index (χ1v) is 7.43. The van der Waals surface area contributed by atoms with Crippen molar-refractivity contribution in [3.8, 4) is 0 Å². The van der Waals surface area contributed by atoms with Crippen LogP contribution in [0.1, 0.15) is 17.8 Å². The largest absolute Gasteiger partial charge is 0.505 e. The molecule has 0 amide bonds. The average Bonchev–Trinajstić information content (AvgIpc) is 3.13. The van der Waals surface area contributed by atoms with Gasteiger partial charge in [0.25, 0.3) is 5.78 Å². The van der Waals surface area contributed by atoms with E-state index < -0.39 is 23.6 Å². The van der Waals surface area contributed by atoms with Crippen LogP contribution in [-0.2, 0) is 9.59 Å². The van der Waals surface area contributed by atoms with Gasteiger partial charge in [-0.2, -0.15) is 5.10 Å². The number of aliphatic hydroxyl groups excluding tert-OH is 1. The van der Waals surface area contributed by atoms with Crippen LogP contribution in [0.4, 0.5) is 0 Å². The lowest BCUT2D eigenvalue weighted by Crippen LogP contribution is -2.32. The van der Waals surface area contributed by atoms with Gasteiger partial charge < -0.3 is 15.6 Å². The van der Waals surface area contributed by atoms with Gasteiger partial charge in [-0.15, -0.1) is 0 Å². The number of carbonyl (C=O) groups excluding carboxylic acids is 1. The molecule has 1 aliphatic rings. The first-order valence-electron chi connectivity index (χ1n) is 7.43. The topological polar surface area (TPSA) is 125 Å². The number of rotatable bonds is 5. The van der Waals surface area contributed by atoms with Crippen LogP contribution in [-0.4, -0.2) is 43.7 Å². The molecular formula is C17H14N4O4. The summed E-state index contributed by atoms with van der Waals surface area (Å²) in [7, 11) is 0. The van der Waals surface area contributed by atoms with Crippen LogP contribution in [0.25, 0.3) is 5.76 Å². The Morgan fingerprint density at radius 3 is 2.36 bits per heavy atom. The van der Waals surface area contributed by atoms with Gasteiger partial charge in [0, 0.05) is 18.8 Å². The molecule has 0 spiro atoms. The molecule has 2 aromatic heterocycles. The number of carboxylic acids is 1. The molecule has 8 nitrogen and oxygen atoms in total. The number of pyridine rings is 2. The second kappa shape index (κ2) is 6.91. The van der Waals surface area contributed by atoms with Crippen molar-refractivity contribution in [3.63, 3.8) is 0 Å². The third kappa shape index (κ3) is 3.37. The SMILES string of the molecule is O=C(O)C(=O)/C(=C(\O)c1ccccn1)C1CC(c2ccccn2)=NN1. The van der Waals surface area contributed by atoms with Crippen molar-refractivity contribution in [2.45, 2.75) is 12.5 Å². The van der Waals surface area contributed by atoms with Crippen molar-refractivity contribution >= 4 is 23.2 Å². The van der Waals surface area contributed by atoms with Gasteiger partial charge in [0.05, 0.1) is 23.0 Å². The molecule has 126 valence electrons. The van der Waals surface area contributed by atoms with Crippen LogP contribution in [0.5, 0.6) is 0 Å². The Morgan fingerprint density at radius 1 is 1.04 bits per heavy atom. The molecule has 3 rings (SSSR count). The van der Waals surface area contributed by atoms with Crippen molar-refractivity contribution in [1.29, 1.82) is 0 Å². The summed E-state index contributed by atoms with van der Waals surface area (Å²) >= 11 is 0. The zero-order valence-corrected chi connectivity index (χ0v) is 13.0. The second-order valence-corrected chi connectivity index (χ2v) is 5.27. The molecule has 1 unspecified atom stereocenters. The van der Waals surface area contributed by atoms with Crippen molar-refractivity contribution in [2.75, 3.05) is 0 Å². The summed E-state index contributed by atoms with van der Waals surface area (Å²) < 4.78 is 0. The average molecular weight is 338 g/mol. The van der Waals surface area contributed by atoms with E-state index in [2.05, 4.69) is 20.5 Å². The fourth-order valence-corrected chi connectivity index (χ4v) is 2.49. The first-order chi connectivity index (χ1) is 12.1. The number of carboxylic acid groups (broad SMARTS) is 1. The lowest BCUT2D eigenvalue weighted by molar-refractivity contribution is -0.147. The summed E-state index contributed by atoms with van der Waals surface area (Å²) in [6.45, 7) is 0. The summed E-state index contributed by atoms with van der Waals surface area (Å²) in [6.07, 6.45) is 3.25. The minimum Gasteiger partial charge on any atom is -0.505 e. The highest BCUT2D eigenvalue weighted by atomic mass is 16.4. The van der Waals surface area contributed by atoms with Crippen LogP contribution in [0, 0.1) is 0 Å². The van der Waals surface area contributed by atoms with Crippen LogP contribution in [0.15, 0.2) is 59.5 Å². The maximum absolute atomic E-state index is 12.1. The van der Waals surface area contributed by atoms with E-state index in [4.69, 9.17) is 5.11 Å². The number of hydrazone groups is 1. The summed E-state index contributed by atoms with van der Waals surface area (Å²) in [5.41, 5.74) is 3.70. The molecule has 8 heteroatoms. The maximum atomic E-state index is 12.1. The summed E-state index contributed by atoms with van der Waals surface area (Å²) in [5, 5.41) is 23.7. The molecule has 3 N–H and O–H groups in total. The molecule has 0 bridgehead atoms. The van der Waals surface area contributed by atoms with E-state index in [9.17, 15) is 14.7 Å². The van der Waals surface area contributed by atoms with Crippen LogP contribution in [0.2, 0.25) is 0 Å². The van der Waals surface area contributed by atoms with E-state index in [1.807, 2.05) is 0 Å². The summed E-state index contributed by atoms with van der Waals surface area (Å²) in [6, 6.07) is 9.27. The first kappa shape index (κ1) is 16.3. The highest BCUT2D eigenvalue weighted by molar-refractivity contribution is 6.41. The Labute approximate surface area is 142 Å². The number of hydrogen-bond acceptors (Lipinski definition) is 7. The molecular weight excluding hydrogens is 324 g/mol. The highest BCUT2D eigenvalue weighted by Crippen LogP contribution is 2.23. The molecule has 0 fully saturated rings. The minimum absolute atomic E-state index is 0.111.